The van der Waals surface area contributed by atoms with Gasteiger partial charge in [0.1, 0.15) is 5.75 Å². The molecule has 7 nitrogen and oxygen atoms in total. The average Bonchev–Trinajstić information content (AvgIpc) is 3.43. The summed E-state index contributed by atoms with van der Waals surface area (Å²) in [6.45, 7) is 4.79. The number of hydrogen-bond donors (Lipinski definition) is 2. The normalized spacial score (nSPS) is 17.8. The van der Waals surface area contributed by atoms with Crippen LogP contribution in [0.25, 0.3) is 0 Å². The first-order valence-corrected chi connectivity index (χ1v) is 11.5. The highest BCUT2D eigenvalue weighted by Crippen LogP contribution is 2.39. The highest BCUT2D eigenvalue weighted by molar-refractivity contribution is 7.80. The average molecular weight is 464 g/mol. The van der Waals surface area contributed by atoms with E-state index in [2.05, 4.69) is 57.3 Å². The van der Waals surface area contributed by atoms with Gasteiger partial charge in [-0.3, -0.25) is 9.78 Å². The van der Waals surface area contributed by atoms with E-state index in [4.69, 9.17) is 17.0 Å². The van der Waals surface area contributed by atoms with Crippen molar-refractivity contribution in [2.24, 2.45) is 0 Å². The number of anilines is 1. The Morgan fingerprint density at radius 1 is 1.18 bits per heavy atom. The highest BCUT2D eigenvalue weighted by Gasteiger charge is 2.41. The van der Waals surface area contributed by atoms with Gasteiger partial charge in [-0.2, -0.15) is 0 Å². The molecule has 0 unspecified atom stereocenters. The largest absolute Gasteiger partial charge is 0.495 e. The van der Waals surface area contributed by atoms with Crippen LogP contribution in [0.2, 0.25) is 0 Å². The van der Waals surface area contributed by atoms with E-state index >= 15 is 0 Å². The van der Waals surface area contributed by atoms with Crippen LogP contribution in [0.15, 0.2) is 67.0 Å². The SMILES string of the molecule is COc1ccccc1NC(=O)CCN1C(=S)N[C@@H](c2ccccn2)[C@H]1c1cccn1C(C)C. The maximum absolute atomic E-state index is 12.8. The fourth-order valence-corrected chi connectivity index (χ4v) is 4.61. The molecule has 8 heteroatoms. The standard InChI is InChI=1S/C25H29N5O2S/c1-17(2)29-15-8-11-20(29)24-23(19-10-6-7-14-26-19)28-25(33)30(24)16-13-22(31)27-18-9-4-5-12-21(18)32-3/h4-12,14-15,17,23-24H,13,16H2,1-3H3,(H,27,31)(H,28,33)/t23-,24+/m0/s1. The summed E-state index contributed by atoms with van der Waals surface area (Å²) in [5.41, 5.74) is 2.71. The van der Waals surface area contributed by atoms with E-state index in [9.17, 15) is 4.79 Å². The van der Waals surface area contributed by atoms with Crippen LogP contribution in [0.5, 0.6) is 5.75 Å². The number of carbonyl (C=O) groups excluding carboxylic acids is 1. The summed E-state index contributed by atoms with van der Waals surface area (Å²) >= 11 is 5.72. The molecule has 172 valence electrons. The smallest absolute Gasteiger partial charge is 0.226 e. The van der Waals surface area contributed by atoms with Gasteiger partial charge in [-0.15, -0.1) is 0 Å². The molecule has 33 heavy (non-hydrogen) atoms. The molecule has 2 aromatic heterocycles. The van der Waals surface area contributed by atoms with Crippen molar-refractivity contribution >= 4 is 28.9 Å². The lowest BCUT2D eigenvalue weighted by molar-refractivity contribution is -0.116. The summed E-state index contributed by atoms with van der Waals surface area (Å²) in [6, 6.07) is 17.6. The quantitative estimate of drug-likeness (QED) is 0.480. The van der Waals surface area contributed by atoms with E-state index in [0.717, 1.165) is 11.4 Å². The van der Waals surface area contributed by atoms with Crippen LogP contribution < -0.4 is 15.4 Å². The third kappa shape index (κ3) is 4.85. The van der Waals surface area contributed by atoms with Crippen LogP contribution in [0.4, 0.5) is 5.69 Å². The molecule has 2 N–H and O–H groups in total. The number of benzene rings is 1. The maximum atomic E-state index is 12.8. The molecule has 1 aliphatic rings. The topological polar surface area (TPSA) is 71.4 Å². The van der Waals surface area contributed by atoms with Gasteiger partial charge in [0.2, 0.25) is 5.91 Å². The van der Waals surface area contributed by atoms with E-state index < -0.39 is 0 Å². The lowest BCUT2D eigenvalue weighted by atomic mass is 10.0. The number of methoxy groups -OCH3 is 1. The minimum absolute atomic E-state index is 0.0798. The maximum Gasteiger partial charge on any atom is 0.226 e. The fourth-order valence-electron chi connectivity index (χ4n) is 4.28. The molecule has 0 radical (unpaired) electrons. The van der Waals surface area contributed by atoms with Crippen LogP contribution in [-0.4, -0.2) is 39.1 Å². The predicted molar refractivity (Wildman–Crippen MR) is 133 cm³/mol. The van der Waals surface area contributed by atoms with Crippen LogP contribution >= 0.6 is 12.2 Å². The van der Waals surface area contributed by atoms with Gasteiger partial charge in [0, 0.05) is 37.1 Å². The predicted octanol–water partition coefficient (Wildman–Crippen LogP) is 4.47. The Hall–Kier alpha value is -3.39. The summed E-state index contributed by atoms with van der Waals surface area (Å²) in [6.07, 6.45) is 4.17. The minimum atomic E-state index is -0.108. The highest BCUT2D eigenvalue weighted by atomic mass is 32.1. The van der Waals surface area contributed by atoms with Gasteiger partial charge in [-0.25, -0.2) is 0 Å². The van der Waals surface area contributed by atoms with Gasteiger partial charge in [0.25, 0.3) is 0 Å². The van der Waals surface area contributed by atoms with Gasteiger partial charge in [0.05, 0.1) is 30.6 Å². The molecule has 2 atom stereocenters. The Morgan fingerprint density at radius 2 is 1.97 bits per heavy atom. The summed E-state index contributed by atoms with van der Waals surface area (Å²) < 4.78 is 7.59. The molecular formula is C25H29N5O2S. The zero-order valence-corrected chi connectivity index (χ0v) is 19.9. The molecule has 1 aliphatic heterocycles. The lowest BCUT2D eigenvalue weighted by Gasteiger charge is -2.29. The van der Waals surface area contributed by atoms with Crippen molar-refractivity contribution in [2.75, 3.05) is 19.0 Å². The number of hydrogen-bond acceptors (Lipinski definition) is 4. The number of thiocarbonyl (C=S) groups is 1. The van der Waals surface area contributed by atoms with Crippen molar-refractivity contribution in [3.8, 4) is 5.75 Å². The molecule has 1 aromatic carbocycles. The van der Waals surface area contributed by atoms with Crippen molar-refractivity contribution in [2.45, 2.75) is 38.4 Å². The number of ether oxygens (including phenoxy) is 1. The number of para-hydroxylation sites is 2. The molecule has 0 spiro atoms. The van der Waals surface area contributed by atoms with Gasteiger partial charge in [0.15, 0.2) is 5.11 Å². The second-order valence-corrected chi connectivity index (χ2v) is 8.64. The first kappa shape index (κ1) is 22.8. The number of aromatic nitrogens is 2. The summed E-state index contributed by atoms with van der Waals surface area (Å²) in [4.78, 5) is 19.5. The summed E-state index contributed by atoms with van der Waals surface area (Å²) in [7, 11) is 1.59. The molecule has 3 heterocycles. The van der Waals surface area contributed by atoms with Crippen molar-refractivity contribution in [1.29, 1.82) is 0 Å². The third-order valence-corrected chi connectivity index (χ3v) is 6.18. The van der Waals surface area contributed by atoms with Crippen molar-refractivity contribution < 1.29 is 9.53 Å². The molecule has 0 saturated carbocycles. The summed E-state index contributed by atoms with van der Waals surface area (Å²) in [5, 5.41) is 7.02. The second kappa shape index (κ2) is 10.0. The number of pyridine rings is 1. The Bertz CT molecular complexity index is 1110. The van der Waals surface area contributed by atoms with E-state index in [1.54, 1.807) is 13.3 Å². The molecule has 1 saturated heterocycles. The van der Waals surface area contributed by atoms with Crippen molar-refractivity contribution in [3.05, 3.63) is 78.4 Å². The Labute approximate surface area is 199 Å². The van der Waals surface area contributed by atoms with Crippen LogP contribution in [-0.2, 0) is 4.79 Å². The first-order valence-electron chi connectivity index (χ1n) is 11.1. The minimum Gasteiger partial charge on any atom is -0.495 e. The van der Waals surface area contributed by atoms with Gasteiger partial charge >= 0.3 is 0 Å². The van der Waals surface area contributed by atoms with Crippen LogP contribution in [0.3, 0.4) is 0 Å². The zero-order valence-electron chi connectivity index (χ0n) is 19.1. The van der Waals surface area contributed by atoms with E-state index in [1.807, 2.05) is 42.5 Å². The van der Waals surface area contributed by atoms with E-state index in [0.29, 0.717) is 29.1 Å². The van der Waals surface area contributed by atoms with E-state index in [-0.39, 0.29) is 24.4 Å². The van der Waals surface area contributed by atoms with E-state index in [1.165, 1.54) is 0 Å². The van der Waals surface area contributed by atoms with Crippen LogP contribution in [0.1, 0.15) is 49.8 Å². The molecular weight excluding hydrogens is 434 g/mol. The Kier molecular flexibility index (Phi) is 6.93. The Balaban J connectivity index is 1.57. The molecule has 0 aliphatic carbocycles. The van der Waals surface area contributed by atoms with Crippen molar-refractivity contribution in [1.82, 2.24) is 19.8 Å². The van der Waals surface area contributed by atoms with Gasteiger partial charge in [-0.05, 0) is 62.5 Å². The van der Waals surface area contributed by atoms with Crippen LogP contribution in [0, 0.1) is 0 Å². The number of nitrogens with one attached hydrogen (secondary N) is 2. The molecule has 1 fully saturated rings. The van der Waals surface area contributed by atoms with Gasteiger partial charge in [-0.1, -0.05) is 18.2 Å². The number of rotatable bonds is 8. The first-order chi connectivity index (χ1) is 16.0. The lowest BCUT2D eigenvalue weighted by Crippen LogP contribution is -2.33. The number of carbonyl (C=O) groups is 1. The van der Waals surface area contributed by atoms with Crippen molar-refractivity contribution in [3.63, 3.8) is 0 Å². The zero-order chi connectivity index (χ0) is 23.4. The fraction of sp³-hybridized carbons (Fsp3) is 0.320. The summed E-state index contributed by atoms with van der Waals surface area (Å²) in [5.74, 6) is 0.536. The molecule has 4 rings (SSSR count). The number of nitrogens with zero attached hydrogens (tertiary/aromatic N) is 3. The molecule has 1 amide bonds. The van der Waals surface area contributed by atoms with Gasteiger partial charge < -0.3 is 24.8 Å². The Morgan fingerprint density at radius 3 is 2.70 bits per heavy atom. The molecule has 0 bridgehead atoms. The third-order valence-electron chi connectivity index (χ3n) is 5.83. The number of amides is 1. The molecule has 3 aromatic rings. The monoisotopic (exact) mass is 463 g/mol. The second-order valence-electron chi connectivity index (χ2n) is 8.25.